The summed E-state index contributed by atoms with van der Waals surface area (Å²) in [6.45, 7) is 24.2. The molecule has 0 saturated carbocycles. The molecule has 16 aromatic carbocycles. The quantitative estimate of drug-likeness (QED) is 0.108. The van der Waals surface area contributed by atoms with Gasteiger partial charge in [0.25, 0.3) is 0 Å². The molecular weight excluding hydrogens is 1550 g/mol. The van der Waals surface area contributed by atoms with Crippen LogP contribution in [0, 0.1) is 98.8 Å². The smallest absolute Gasteiger partial charge is 0.0991 e. The molecule has 0 unspecified atom stereocenters. The lowest BCUT2D eigenvalue weighted by Crippen LogP contribution is -2.05. The van der Waals surface area contributed by atoms with Crippen LogP contribution in [0.2, 0.25) is 0 Å². The number of hydrogen-bond acceptors (Lipinski definition) is 4. The van der Waals surface area contributed by atoms with Crippen molar-refractivity contribution in [2.24, 2.45) is 0 Å². The van der Waals surface area contributed by atoms with E-state index in [4.69, 9.17) is 9.97 Å². The van der Waals surface area contributed by atoms with Crippen molar-refractivity contribution in [2.45, 2.75) is 82.6 Å². The van der Waals surface area contributed by atoms with Gasteiger partial charge in [0.15, 0.2) is 0 Å². The van der Waals surface area contributed by atoms with Gasteiger partial charge < -0.3 is 18.3 Å². The van der Waals surface area contributed by atoms with E-state index in [1.165, 1.54) is 83.5 Å². The monoisotopic (exact) mass is 1640 g/mol. The van der Waals surface area contributed by atoms with E-state index in [1.54, 1.807) is 0 Å². The van der Waals surface area contributed by atoms with E-state index in [1.807, 2.05) is 61.2 Å². The maximum atomic E-state index is 10.9. The fourth-order valence-corrected chi connectivity index (χ4v) is 21.1. The predicted molar refractivity (Wildman–Crippen MR) is 534 cm³/mol. The highest BCUT2D eigenvalue weighted by atomic mass is 15.1. The fraction of sp³-hybridized carbons (Fsp3) is 0.100. The largest absolute Gasteiger partial charge is 0.307 e. The van der Waals surface area contributed by atoms with E-state index in [9.17, 15) is 10.5 Å². The Morgan fingerprint density at radius 2 is 0.500 bits per heavy atom. The summed E-state index contributed by atoms with van der Waals surface area (Å²) in [5.74, 6) is 0. The molecule has 22 aromatic rings. The van der Waals surface area contributed by atoms with Crippen molar-refractivity contribution in [1.29, 1.82) is 10.5 Å². The molecule has 0 atom stereocenters. The second-order valence-corrected chi connectivity index (χ2v) is 35.7. The van der Waals surface area contributed by atoms with Crippen LogP contribution in [0.25, 0.3) is 199 Å². The minimum absolute atomic E-state index is 0.568. The zero-order valence-corrected chi connectivity index (χ0v) is 73.5. The molecule has 8 heteroatoms. The molecule has 0 saturated heterocycles. The molecule has 0 spiro atoms. The highest BCUT2D eigenvalue weighted by molar-refractivity contribution is 6.16. The first-order valence-corrected chi connectivity index (χ1v) is 44.1. The first-order chi connectivity index (χ1) is 62.3. The molecule has 610 valence electrons. The highest BCUT2D eigenvalue weighted by Crippen LogP contribution is 2.49. The van der Waals surface area contributed by atoms with Crippen molar-refractivity contribution in [3.63, 3.8) is 0 Å². The van der Waals surface area contributed by atoms with Gasteiger partial charge in [0.05, 0.1) is 115 Å². The molecule has 128 heavy (non-hydrogen) atoms. The van der Waals surface area contributed by atoms with Crippen LogP contribution in [0.1, 0.15) is 83.5 Å². The molecule has 8 nitrogen and oxygen atoms in total. The fourth-order valence-electron chi connectivity index (χ4n) is 21.1. The molecule has 0 N–H and O–H groups in total. The molecule has 0 radical (unpaired) electrons. The minimum Gasteiger partial charge on any atom is -0.307 e. The van der Waals surface area contributed by atoms with Gasteiger partial charge in [0, 0.05) is 54.2 Å². The second-order valence-electron chi connectivity index (χ2n) is 35.7. The van der Waals surface area contributed by atoms with Gasteiger partial charge in [0.1, 0.15) is 0 Å². The van der Waals surface area contributed by atoms with E-state index in [2.05, 4.69) is 380 Å². The molecule has 0 aliphatic rings. The summed E-state index contributed by atoms with van der Waals surface area (Å²) in [5.41, 5.74) is 46.5. The van der Waals surface area contributed by atoms with Crippen molar-refractivity contribution >= 4 is 87.2 Å². The number of fused-ring (bicyclic) bond motifs is 12. The Balaban J connectivity index is 0.668. The summed E-state index contributed by atoms with van der Waals surface area (Å²) in [5, 5.41) is 30.5. The van der Waals surface area contributed by atoms with Crippen LogP contribution in [-0.4, -0.2) is 28.2 Å². The highest BCUT2D eigenvalue weighted by Gasteiger charge is 2.28. The Hall–Kier alpha value is -16.0. The topological polar surface area (TPSA) is 93.1 Å². The van der Waals surface area contributed by atoms with Gasteiger partial charge in [-0.2, -0.15) is 10.5 Å². The lowest BCUT2D eigenvalue weighted by Gasteiger charge is -2.20. The Morgan fingerprint density at radius 3 is 0.844 bits per heavy atom. The second kappa shape index (κ2) is 30.7. The van der Waals surface area contributed by atoms with Gasteiger partial charge in [-0.05, 0) is 268 Å². The van der Waals surface area contributed by atoms with Crippen molar-refractivity contribution in [1.82, 2.24) is 28.2 Å². The zero-order chi connectivity index (χ0) is 87.2. The van der Waals surface area contributed by atoms with E-state index < -0.39 is 0 Å². The Labute approximate surface area is 745 Å². The molecule has 0 bridgehead atoms. The van der Waals surface area contributed by atoms with Crippen LogP contribution in [0.4, 0.5) is 0 Å². The van der Waals surface area contributed by atoms with Gasteiger partial charge in [0.2, 0.25) is 0 Å². The third-order valence-corrected chi connectivity index (χ3v) is 26.3. The number of aromatic nitrogens is 6. The molecule has 6 aromatic heterocycles. The van der Waals surface area contributed by atoms with Crippen molar-refractivity contribution in [2.75, 3.05) is 0 Å². The van der Waals surface area contributed by atoms with E-state index >= 15 is 0 Å². The van der Waals surface area contributed by atoms with Crippen LogP contribution < -0.4 is 0 Å². The Morgan fingerprint density at radius 1 is 0.219 bits per heavy atom. The third-order valence-electron chi connectivity index (χ3n) is 26.3. The average molecular weight is 1640 g/mol. The summed E-state index contributed by atoms with van der Waals surface area (Å²) < 4.78 is 9.66. The summed E-state index contributed by atoms with van der Waals surface area (Å²) in [6.07, 6.45) is 8.82. The van der Waals surface area contributed by atoms with Crippen LogP contribution >= 0.6 is 0 Å². The standard InChI is InChI=1S/C120H90N8/c1-70-38-71(2)44-92(43-70)84-30-36-109-105(58-84)98-22-12-14-24-107(98)125(109)115-66-123-67-116(119(115)90-20-16-18-81(54-90)64-121)126-108-25-15-13-23-99(108)106-59-85(31-37-110(106)126)96-51-78(9)42-83(56-96)57-104-79(10)52-97(53-80(104)11)89-29-35-103-102-34-28-88(95-49-76(7)41-77(8)50-95)62-113(102)128(114(103)63-89)118-69-124-68-117(120(118)91-21-17-19-82(55-91)65-122)127-111-60-86(93-45-72(3)39-73(4)46-93)26-32-100(111)101-33-27-87(61-112(101)127)94-47-74(5)40-75(6)48-94/h12-56,58-63,66-69H,57H2,1-11H3. The molecule has 0 amide bonds. The summed E-state index contributed by atoms with van der Waals surface area (Å²) in [6, 6.07) is 119. The number of hydrogen-bond donors (Lipinski definition) is 0. The summed E-state index contributed by atoms with van der Waals surface area (Å²) >= 11 is 0. The van der Waals surface area contributed by atoms with E-state index in [0.717, 1.165) is 194 Å². The average Bonchev–Trinajstić information content (AvgIpc) is 1.56. The maximum absolute atomic E-state index is 10.9. The summed E-state index contributed by atoms with van der Waals surface area (Å²) in [7, 11) is 0. The molecule has 0 fully saturated rings. The number of nitriles is 2. The number of nitrogens with zero attached hydrogens (tertiary/aromatic N) is 8. The van der Waals surface area contributed by atoms with Gasteiger partial charge in [-0.1, -0.05) is 275 Å². The van der Waals surface area contributed by atoms with E-state index in [0.29, 0.717) is 11.1 Å². The van der Waals surface area contributed by atoms with E-state index in [-0.39, 0.29) is 0 Å². The minimum atomic E-state index is 0.568. The first kappa shape index (κ1) is 78.0. The zero-order valence-electron chi connectivity index (χ0n) is 73.5. The molecule has 0 aliphatic carbocycles. The molecule has 0 aliphatic heterocycles. The van der Waals surface area contributed by atoms with Crippen molar-refractivity contribution in [3.8, 4) is 124 Å². The molecular formula is C120H90N8. The van der Waals surface area contributed by atoms with Crippen LogP contribution in [0.3, 0.4) is 0 Å². The van der Waals surface area contributed by atoms with Gasteiger partial charge in [-0.3, -0.25) is 9.97 Å². The van der Waals surface area contributed by atoms with Gasteiger partial charge in [-0.15, -0.1) is 0 Å². The normalized spacial score (nSPS) is 11.7. The van der Waals surface area contributed by atoms with Crippen LogP contribution in [-0.2, 0) is 6.42 Å². The number of pyridine rings is 2. The van der Waals surface area contributed by atoms with Crippen molar-refractivity contribution < 1.29 is 0 Å². The first-order valence-electron chi connectivity index (χ1n) is 44.1. The summed E-state index contributed by atoms with van der Waals surface area (Å²) in [4.78, 5) is 10.6. The number of para-hydroxylation sites is 2. The molecule has 6 heterocycles. The van der Waals surface area contributed by atoms with Gasteiger partial charge in [-0.25, -0.2) is 0 Å². The maximum Gasteiger partial charge on any atom is 0.0991 e. The van der Waals surface area contributed by atoms with Crippen LogP contribution in [0.15, 0.2) is 334 Å². The Kier molecular flexibility index (Phi) is 18.7. The predicted octanol–water partition coefficient (Wildman–Crippen LogP) is 30.9. The lowest BCUT2D eigenvalue weighted by molar-refractivity contribution is 1.09. The SMILES string of the molecule is Cc1cc(C)cc(-c2ccc3c(c2)c2ccccc2n3-c2cncc(-n3c4ccccc4c4cc(-c5cc(C)cc(Cc6c(C)cc(-c7ccc8c9ccc(-c%10cc(C)cc(C)c%10)cc9n(-c9cncc(-n%10c%11cc(-c%12cc(C)cc(C)c%12)ccc%11c%11ccc(-c%12cc(C)cc(C)c%12)cc%11%10)c9-c9cccc(C#N)c9)c8c7)cc6C)c5)ccc43)c2-c2cccc(C#N)c2)c1. The van der Waals surface area contributed by atoms with Gasteiger partial charge >= 0.3 is 0 Å². The number of aryl methyl sites for hydroxylation is 11. The number of rotatable bonds is 14. The molecule has 22 rings (SSSR count). The van der Waals surface area contributed by atoms with Crippen LogP contribution in [0.5, 0.6) is 0 Å². The Bertz CT molecular complexity index is 8370. The lowest BCUT2D eigenvalue weighted by atomic mass is 9.90. The number of benzene rings is 16. The van der Waals surface area contributed by atoms with Crippen molar-refractivity contribution in [3.05, 3.63) is 418 Å². The third kappa shape index (κ3) is 13.4.